The number of hydrogen-bond acceptors (Lipinski definition) is 13. The van der Waals surface area contributed by atoms with E-state index in [4.69, 9.17) is 14.2 Å². The van der Waals surface area contributed by atoms with E-state index in [1.54, 1.807) is 13.8 Å². The van der Waals surface area contributed by atoms with Crippen LogP contribution >= 0.6 is 0 Å². The second kappa shape index (κ2) is 13.2. The van der Waals surface area contributed by atoms with Gasteiger partial charge < -0.3 is 50.0 Å². The molecule has 51 heavy (non-hydrogen) atoms. The lowest BCUT2D eigenvalue weighted by Crippen LogP contribution is -2.66. The second-order valence-corrected chi connectivity index (χ2v) is 18.2. The highest BCUT2D eigenvalue weighted by molar-refractivity contribution is 5.90. The normalized spacial score (nSPS) is 46.2. The van der Waals surface area contributed by atoms with Gasteiger partial charge in [0.1, 0.15) is 41.4 Å². The van der Waals surface area contributed by atoms with Crippen LogP contribution in [0.15, 0.2) is 11.6 Å². The third-order valence-corrected chi connectivity index (χ3v) is 14.3. The number of rotatable bonds is 9. The molecule has 0 amide bonds. The predicted octanol–water partition coefficient (Wildman–Crippen LogP) is 1.34. The van der Waals surface area contributed by atoms with Gasteiger partial charge in [-0.3, -0.25) is 14.4 Å². The molecule has 13 heteroatoms. The van der Waals surface area contributed by atoms with Gasteiger partial charge in [-0.15, -0.1) is 0 Å². The molecular formula is C38H60O13. The van der Waals surface area contributed by atoms with Crippen LogP contribution in [0.1, 0.15) is 101 Å². The molecule has 1 saturated heterocycles. The largest absolute Gasteiger partial charge is 0.460 e. The molecule has 7 N–H and O–H groups in total. The summed E-state index contributed by atoms with van der Waals surface area (Å²) >= 11 is 0. The SMILES string of the molecule is CC(=O)OC(C)(C)CCC(=O)[C@@](C)(O)C1[C@@H](O)C[C@]2(C)C3CC=C4C(C[C@@H](O)[C@H](O[C@H]5O[C@@H](CO)[C@H](O)[C@@H](O)[C@@H]5O)C4(C)C)[C@@]3(C)C(=O)C[C@@]12C. The maximum atomic E-state index is 14.7. The van der Waals surface area contributed by atoms with Crippen LogP contribution in [0.3, 0.4) is 0 Å². The van der Waals surface area contributed by atoms with Gasteiger partial charge in [-0.25, -0.2) is 0 Å². The van der Waals surface area contributed by atoms with Gasteiger partial charge in [0, 0.05) is 36.5 Å². The fourth-order valence-corrected chi connectivity index (χ4v) is 11.4. The van der Waals surface area contributed by atoms with E-state index < -0.39 is 112 Å². The average Bonchev–Trinajstić information content (AvgIpc) is 3.22. The third kappa shape index (κ3) is 6.16. The van der Waals surface area contributed by atoms with E-state index in [0.29, 0.717) is 6.42 Å². The van der Waals surface area contributed by atoms with Gasteiger partial charge in [0.25, 0.3) is 0 Å². The summed E-state index contributed by atoms with van der Waals surface area (Å²) in [7, 11) is 0. The summed E-state index contributed by atoms with van der Waals surface area (Å²) in [6.07, 6.45) is -7.59. The van der Waals surface area contributed by atoms with E-state index in [1.807, 2.05) is 34.6 Å². The Morgan fingerprint density at radius 3 is 2.18 bits per heavy atom. The Morgan fingerprint density at radius 1 is 0.961 bits per heavy atom. The fraction of sp³-hybridized carbons (Fsp3) is 0.868. The Hall–Kier alpha value is -1.81. The van der Waals surface area contributed by atoms with Crippen molar-refractivity contribution in [3.05, 3.63) is 11.6 Å². The van der Waals surface area contributed by atoms with Gasteiger partial charge in [-0.2, -0.15) is 0 Å². The Kier molecular flexibility index (Phi) is 10.4. The van der Waals surface area contributed by atoms with Crippen molar-refractivity contribution in [2.24, 2.45) is 39.4 Å². The number of ether oxygens (including phenoxy) is 3. The van der Waals surface area contributed by atoms with Gasteiger partial charge >= 0.3 is 5.97 Å². The monoisotopic (exact) mass is 724 g/mol. The van der Waals surface area contributed by atoms with Crippen molar-refractivity contribution in [2.75, 3.05) is 6.61 Å². The zero-order valence-corrected chi connectivity index (χ0v) is 31.5. The molecule has 290 valence electrons. The van der Waals surface area contributed by atoms with E-state index in [2.05, 4.69) is 6.08 Å². The Morgan fingerprint density at radius 2 is 1.59 bits per heavy atom. The van der Waals surface area contributed by atoms with E-state index in [-0.39, 0.29) is 43.8 Å². The molecule has 15 atom stereocenters. The molecule has 0 aromatic heterocycles. The highest BCUT2D eigenvalue weighted by Crippen LogP contribution is 2.74. The number of aliphatic hydroxyl groups is 7. The molecule has 1 aliphatic heterocycles. The van der Waals surface area contributed by atoms with Crippen molar-refractivity contribution in [2.45, 2.75) is 161 Å². The summed E-state index contributed by atoms with van der Waals surface area (Å²) in [5.41, 5.74) is -5.51. The molecule has 13 nitrogen and oxygen atoms in total. The van der Waals surface area contributed by atoms with Gasteiger partial charge in [-0.1, -0.05) is 46.3 Å². The standard InChI is InChI=1S/C38H60O13/c1-18(40)51-33(2,3)13-12-25(43)38(9,48)30-22(42)15-35(6)24-11-10-19-20(37(24,8)26(44)16-36(30,35)7)14-21(41)31(34(19,4)5)50-32-29(47)28(46)27(45)23(17-39)49-32/h10,20-24,27-32,39,41-42,45-48H,11-17H2,1-9H3/t20?,21-,22+,23+,24?,27+,28-,29+,30?,31+,32-,35-,36+,37-,38-/m1/s1. The zero-order valence-electron chi connectivity index (χ0n) is 31.5. The first-order chi connectivity index (χ1) is 23.3. The molecule has 5 rings (SSSR count). The molecule has 0 spiro atoms. The Bertz CT molecular complexity index is 1420. The van der Waals surface area contributed by atoms with Crippen molar-refractivity contribution < 1.29 is 64.3 Å². The minimum absolute atomic E-state index is 0.00565. The molecule has 0 bridgehead atoms. The van der Waals surface area contributed by atoms with Crippen LogP contribution < -0.4 is 0 Å². The molecule has 4 aliphatic carbocycles. The number of aliphatic hydroxyl groups excluding tert-OH is 6. The Labute approximate surface area is 300 Å². The predicted molar refractivity (Wildman–Crippen MR) is 181 cm³/mol. The highest BCUT2D eigenvalue weighted by atomic mass is 16.7. The number of esters is 1. The van der Waals surface area contributed by atoms with Crippen molar-refractivity contribution >= 4 is 17.5 Å². The van der Waals surface area contributed by atoms with Gasteiger partial charge in [0.05, 0.1) is 24.9 Å². The first kappa shape index (κ1) is 40.4. The first-order valence-electron chi connectivity index (χ1n) is 18.3. The Balaban J connectivity index is 1.44. The van der Waals surface area contributed by atoms with E-state index in [0.717, 1.165) is 5.57 Å². The lowest BCUT2D eigenvalue weighted by atomic mass is 9.38. The van der Waals surface area contributed by atoms with Crippen molar-refractivity contribution in [3.8, 4) is 0 Å². The average molecular weight is 725 g/mol. The van der Waals surface area contributed by atoms with Crippen LogP contribution in [-0.4, -0.2) is 120 Å². The third-order valence-electron chi connectivity index (χ3n) is 14.3. The number of allylic oxidation sites excluding steroid dienone is 1. The van der Waals surface area contributed by atoms with Crippen LogP contribution in [-0.2, 0) is 28.6 Å². The molecule has 0 aromatic rings. The number of Topliss-reactive ketones (excluding diaryl/α,β-unsaturated/α-hetero) is 2. The van der Waals surface area contributed by atoms with Crippen molar-refractivity contribution in [1.29, 1.82) is 0 Å². The molecule has 3 saturated carbocycles. The van der Waals surface area contributed by atoms with Gasteiger partial charge in [0.2, 0.25) is 0 Å². The summed E-state index contributed by atoms with van der Waals surface area (Å²) in [6.45, 7) is 15.1. The van der Waals surface area contributed by atoms with Gasteiger partial charge in [-0.05, 0) is 69.1 Å². The molecule has 0 radical (unpaired) electrons. The van der Waals surface area contributed by atoms with E-state index >= 15 is 0 Å². The topological polar surface area (TPSA) is 221 Å². The minimum atomic E-state index is -1.97. The summed E-state index contributed by atoms with van der Waals surface area (Å²) in [5, 5.41) is 76.3. The summed E-state index contributed by atoms with van der Waals surface area (Å²) in [4.78, 5) is 40.0. The van der Waals surface area contributed by atoms with Crippen LogP contribution in [0.4, 0.5) is 0 Å². The van der Waals surface area contributed by atoms with Crippen molar-refractivity contribution in [3.63, 3.8) is 0 Å². The van der Waals surface area contributed by atoms with Crippen LogP contribution in [0.25, 0.3) is 0 Å². The van der Waals surface area contributed by atoms with Crippen molar-refractivity contribution in [1.82, 2.24) is 0 Å². The quantitative estimate of drug-likeness (QED) is 0.132. The van der Waals surface area contributed by atoms with Crippen LogP contribution in [0, 0.1) is 39.4 Å². The van der Waals surface area contributed by atoms with Crippen LogP contribution in [0.5, 0.6) is 0 Å². The smallest absolute Gasteiger partial charge is 0.303 e. The number of carbonyl (C=O) groups excluding carboxylic acids is 3. The van der Waals surface area contributed by atoms with Gasteiger partial charge in [0.15, 0.2) is 12.1 Å². The summed E-state index contributed by atoms with van der Waals surface area (Å²) in [6, 6.07) is 0. The van der Waals surface area contributed by atoms with E-state index in [9.17, 15) is 50.1 Å². The second-order valence-electron chi connectivity index (χ2n) is 18.2. The van der Waals surface area contributed by atoms with E-state index in [1.165, 1.54) is 13.8 Å². The molecular weight excluding hydrogens is 664 g/mol. The molecule has 4 fully saturated rings. The first-order valence-corrected chi connectivity index (χ1v) is 18.3. The lowest BCUT2D eigenvalue weighted by molar-refractivity contribution is -0.327. The highest BCUT2D eigenvalue weighted by Gasteiger charge is 2.74. The number of carbonyl (C=O) groups is 3. The maximum absolute atomic E-state index is 14.7. The number of ketones is 2. The number of fused-ring (bicyclic) bond motifs is 5. The number of hydrogen-bond donors (Lipinski definition) is 7. The maximum Gasteiger partial charge on any atom is 0.303 e. The fourth-order valence-electron chi connectivity index (χ4n) is 11.4. The summed E-state index contributed by atoms with van der Waals surface area (Å²) in [5.74, 6) is -2.70. The zero-order chi connectivity index (χ0) is 38.4. The molecule has 0 aromatic carbocycles. The minimum Gasteiger partial charge on any atom is -0.460 e. The molecule has 3 unspecified atom stereocenters. The molecule has 5 aliphatic rings. The molecule has 1 heterocycles. The summed E-state index contributed by atoms with van der Waals surface area (Å²) < 4.78 is 17.1. The lowest BCUT2D eigenvalue weighted by Gasteiger charge is -2.65. The van der Waals surface area contributed by atoms with Crippen LogP contribution in [0.2, 0.25) is 0 Å².